The highest BCUT2D eigenvalue weighted by molar-refractivity contribution is 5.75. The van der Waals surface area contributed by atoms with Crippen molar-refractivity contribution in [2.75, 3.05) is 39.3 Å². The maximum Gasteiger partial charge on any atom is 0.318 e. The Morgan fingerprint density at radius 2 is 2.24 bits per heavy atom. The van der Waals surface area contributed by atoms with E-state index in [1.54, 1.807) is 0 Å². The molecule has 1 aromatic rings. The summed E-state index contributed by atoms with van der Waals surface area (Å²) >= 11 is 0. The molecule has 2 aliphatic heterocycles. The van der Waals surface area contributed by atoms with E-state index < -0.39 is 0 Å². The summed E-state index contributed by atoms with van der Waals surface area (Å²) in [5.41, 5.74) is 1.21. The summed E-state index contributed by atoms with van der Waals surface area (Å²) in [4.78, 5) is 17.1. The molecule has 3 heterocycles. The second-order valence-electron chi connectivity index (χ2n) is 7.73. The molecule has 0 bridgehead atoms. The molecule has 1 N–H and O–H groups in total. The summed E-state index contributed by atoms with van der Waals surface area (Å²) in [5, 5.41) is 3.11. The van der Waals surface area contributed by atoms with E-state index in [1.807, 2.05) is 24.2 Å². The van der Waals surface area contributed by atoms with E-state index in [0.29, 0.717) is 12.5 Å². The third kappa shape index (κ3) is 4.55. The van der Waals surface area contributed by atoms with Gasteiger partial charge in [-0.2, -0.15) is 0 Å². The maximum atomic E-state index is 12.7. The molecule has 2 unspecified atom stereocenters. The number of nitrogens with zero attached hydrogens (tertiary/aromatic N) is 3. The lowest BCUT2D eigenvalue weighted by Crippen LogP contribution is -2.50. The van der Waals surface area contributed by atoms with E-state index in [-0.39, 0.29) is 18.2 Å². The first-order valence-electron chi connectivity index (χ1n) is 9.54. The predicted molar refractivity (Wildman–Crippen MR) is 98.5 cm³/mol. The SMILES string of the molecule is CC(C)CN1CCOC(CNC(=O)N2CCCC2c2cccn2C)C1. The van der Waals surface area contributed by atoms with Gasteiger partial charge in [0.15, 0.2) is 0 Å². The van der Waals surface area contributed by atoms with Crippen LogP contribution in [0.15, 0.2) is 18.3 Å². The van der Waals surface area contributed by atoms with Crippen molar-refractivity contribution >= 4 is 6.03 Å². The van der Waals surface area contributed by atoms with Gasteiger partial charge >= 0.3 is 6.03 Å². The van der Waals surface area contributed by atoms with Crippen molar-refractivity contribution in [1.29, 1.82) is 0 Å². The van der Waals surface area contributed by atoms with Crippen molar-refractivity contribution in [2.45, 2.75) is 38.8 Å². The van der Waals surface area contributed by atoms with Crippen LogP contribution >= 0.6 is 0 Å². The molecule has 140 valence electrons. The number of hydrogen-bond donors (Lipinski definition) is 1. The highest BCUT2D eigenvalue weighted by Gasteiger charge is 2.32. The molecule has 0 aromatic carbocycles. The summed E-state index contributed by atoms with van der Waals surface area (Å²) in [5.74, 6) is 0.656. The van der Waals surface area contributed by atoms with Crippen molar-refractivity contribution in [3.8, 4) is 0 Å². The van der Waals surface area contributed by atoms with Crippen molar-refractivity contribution < 1.29 is 9.53 Å². The summed E-state index contributed by atoms with van der Waals surface area (Å²) < 4.78 is 7.96. The van der Waals surface area contributed by atoms with Crippen molar-refractivity contribution in [2.24, 2.45) is 13.0 Å². The quantitative estimate of drug-likeness (QED) is 0.888. The van der Waals surface area contributed by atoms with E-state index in [4.69, 9.17) is 4.74 Å². The highest BCUT2D eigenvalue weighted by Crippen LogP contribution is 2.31. The van der Waals surface area contributed by atoms with Crippen molar-refractivity contribution in [3.05, 3.63) is 24.0 Å². The van der Waals surface area contributed by atoms with E-state index in [2.05, 4.69) is 34.7 Å². The average molecular weight is 348 g/mol. The molecule has 0 spiro atoms. The molecule has 0 saturated carbocycles. The molecule has 3 rings (SSSR count). The number of carbonyl (C=O) groups excluding carboxylic acids is 1. The zero-order chi connectivity index (χ0) is 17.8. The molecular formula is C19H32N4O2. The number of likely N-dealkylation sites (tertiary alicyclic amines) is 1. The first kappa shape index (κ1) is 18.3. The first-order valence-corrected chi connectivity index (χ1v) is 9.54. The van der Waals surface area contributed by atoms with E-state index >= 15 is 0 Å². The Labute approximate surface area is 151 Å². The van der Waals surface area contributed by atoms with Crippen LogP contribution in [0.25, 0.3) is 0 Å². The lowest BCUT2D eigenvalue weighted by atomic mass is 10.1. The number of ether oxygens (including phenoxy) is 1. The van der Waals surface area contributed by atoms with E-state index in [9.17, 15) is 4.79 Å². The Balaban J connectivity index is 1.51. The monoisotopic (exact) mass is 348 g/mol. The summed E-state index contributed by atoms with van der Waals surface area (Å²) in [6.07, 6.45) is 4.23. The van der Waals surface area contributed by atoms with Crippen LogP contribution in [-0.4, -0.2) is 65.8 Å². The van der Waals surface area contributed by atoms with Gasteiger partial charge in [-0.25, -0.2) is 4.79 Å². The maximum absolute atomic E-state index is 12.7. The van der Waals surface area contributed by atoms with Crippen LogP contribution in [0.5, 0.6) is 0 Å². The smallest absolute Gasteiger partial charge is 0.318 e. The van der Waals surface area contributed by atoms with Gasteiger partial charge in [-0.1, -0.05) is 13.8 Å². The Morgan fingerprint density at radius 1 is 1.40 bits per heavy atom. The highest BCUT2D eigenvalue weighted by atomic mass is 16.5. The van der Waals surface area contributed by atoms with Crippen LogP contribution < -0.4 is 5.32 Å². The van der Waals surface area contributed by atoms with Gasteiger partial charge in [0.2, 0.25) is 0 Å². The lowest BCUT2D eigenvalue weighted by Gasteiger charge is -2.34. The predicted octanol–water partition coefficient (Wildman–Crippen LogP) is 2.23. The third-order valence-corrected chi connectivity index (χ3v) is 5.17. The van der Waals surface area contributed by atoms with Gasteiger partial charge in [-0.3, -0.25) is 4.90 Å². The van der Waals surface area contributed by atoms with Crippen LogP contribution in [-0.2, 0) is 11.8 Å². The van der Waals surface area contributed by atoms with Gasteiger partial charge < -0.3 is 19.5 Å². The normalized spacial score (nSPS) is 24.9. The van der Waals surface area contributed by atoms with Gasteiger partial charge in [-0.15, -0.1) is 0 Å². The van der Waals surface area contributed by atoms with Crippen molar-refractivity contribution in [1.82, 2.24) is 19.7 Å². The molecule has 0 radical (unpaired) electrons. The Hall–Kier alpha value is -1.53. The fourth-order valence-corrected chi connectivity index (χ4v) is 4.03. The molecule has 1 aromatic heterocycles. The van der Waals surface area contributed by atoms with Crippen LogP contribution in [0.2, 0.25) is 0 Å². The molecule has 6 heteroatoms. The van der Waals surface area contributed by atoms with Gasteiger partial charge in [0, 0.05) is 51.7 Å². The Kier molecular flexibility index (Phi) is 6.02. The Bertz CT molecular complexity index is 572. The number of amides is 2. The van der Waals surface area contributed by atoms with Crippen LogP contribution in [0, 0.1) is 5.92 Å². The summed E-state index contributed by atoms with van der Waals surface area (Å²) in [6.45, 7) is 9.63. The molecule has 2 fully saturated rings. The second-order valence-corrected chi connectivity index (χ2v) is 7.73. The number of aromatic nitrogens is 1. The van der Waals surface area contributed by atoms with E-state index in [0.717, 1.165) is 45.6 Å². The Morgan fingerprint density at radius 3 is 2.96 bits per heavy atom. The second kappa shape index (κ2) is 8.23. The number of carbonyl (C=O) groups is 1. The fraction of sp³-hybridized carbons (Fsp3) is 0.737. The standard InChI is InChI=1S/C19H32N4O2/c1-15(2)13-22-10-11-25-16(14-22)12-20-19(24)23-9-5-7-18(23)17-6-4-8-21(17)3/h4,6,8,15-16,18H,5,7,9-14H2,1-3H3,(H,20,24). The lowest BCUT2D eigenvalue weighted by molar-refractivity contribution is -0.0294. The largest absolute Gasteiger partial charge is 0.374 e. The molecule has 6 nitrogen and oxygen atoms in total. The first-order chi connectivity index (χ1) is 12.0. The summed E-state index contributed by atoms with van der Waals surface area (Å²) in [7, 11) is 2.04. The van der Waals surface area contributed by atoms with Gasteiger partial charge in [0.25, 0.3) is 0 Å². The molecular weight excluding hydrogens is 316 g/mol. The fourth-order valence-electron chi connectivity index (χ4n) is 4.03. The van der Waals surface area contributed by atoms with Crippen molar-refractivity contribution in [3.63, 3.8) is 0 Å². The van der Waals surface area contributed by atoms with Crippen LogP contribution in [0.3, 0.4) is 0 Å². The minimum Gasteiger partial charge on any atom is -0.374 e. The van der Waals surface area contributed by atoms with Gasteiger partial charge in [-0.05, 0) is 30.9 Å². The average Bonchev–Trinajstić information content (AvgIpc) is 3.20. The summed E-state index contributed by atoms with van der Waals surface area (Å²) in [6, 6.07) is 4.38. The molecule has 2 saturated heterocycles. The molecule has 2 amide bonds. The third-order valence-electron chi connectivity index (χ3n) is 5.17. The zero-order valence-electron chi connectivity index (χ0n) is 15.8. The minimum atomic E-state index is 0.0354. The zero-order valence-corrected chi connectivity index (χ0v) is 15.8. The van der Waals surface area contributed by atoms with Gasteiger partial charge in [0.05, 0.1) is 18.8 Å². The number of nitrogens with one attached hydrogen (secondary N) is 1. The van der Waals surface area contributed by atoms with Crippen LogP contribution in [0.1, 0.15) is 38.4 Å². The molecule has 2 atom stereocenters. The number of morpholine rings is 1. The van der Waals surface area contributed by atoms with Gasteiger partial charge in [0.1, 0.15) is 0 Å². The number of aryl methyl sites for hydroxylation is 1. The van der Waals surface area contributed by atoms with E-state index in [1.165, 1.54) is 5.69 Å². The van der Waals surface area contributed by atoms with Crippen LogP contribution in [0.4, 0.5) is 4.79 Å². The number of urea groups is 1. The molecule has 25 heavy (non-hydrogen) atoms. The molecule has 2 aliphatic rings. The number of rotatable bonds is 5. The number of hydrogen-bond acceptors (Lipinski definition) is 3. The molecule has 0 aliphatic carbocycles. The minimum absolute atomic E-state index is 0.0354. The topological polar surface area (TPSA) is 49.7 Å².